The molecule has 0 spiro atoms. The lowest BCUT2D eigenvalue weighted by Crippen LogP contribution is -1.70. The molecule has 0 aliphatic heterocycles. The molecule has 0 radical (unpaired) electrons. The second-order valence-electron chi connectivity index (χ2n) is 3.81. The third kappa shape index (κ3) is 90.2. The summed E-state index contributed by atoms with van der Waals surface area (Å²) in [6.45, 7) is 7.76. The summed E-state index contributed by atoms with van der Waals surface area (Å²) in [5.74, 6) is 0. The van der Waals surface area contributed by atoms with Crippen LogP contribution in [-0.4, -0.2) is 25.1 Å². The van der Waals surface area contributed by atoms with Gasteiger partial charge in [0.15, 0.2) is 0 Å². The third-order valence-corrected chi connectivity index (χ3v) is 1.72. The molecule has 0 heterocycles. The SMILES string of the molecule is C/C=C/CC=O.CCC=O.CCCC=O.CCCCC=O. The van der Waals surface area contributed by atoms with E-state index in [-0.39, 0.29) is 0 Å². The quantitative estimate of drug-likeness (QED) is 0.384. The molecule has 0 saturated heterocycles. The molecule has 0 aliphatic carbocycles. The molecule has 0 aromatic rings. The third-order valence-electron chi connectivity index (χ3n) is 1.72. The molecule has 0 rings (SSSR count). The van der Waals surface area contributed by atoms with E-state index < -0.39 is 0 Å². The number of allylic oxidation sites excluding steroid dienone is 2. The summed E-state index contributed by atoms with van der Waals surface area (Å²) < 4.78 is 0. The molecule has 0 aliphatic rings. The van der Waals surface area contributed by atoms with E-state index in [9.17, 15) is 19.2 Å². The van der Waals surface area contributed by atoms with E-state index in [1.807, 2.05) is 32.9 Å². The Balaban J connectivity index is -0.0000000929. The molecule has 0 bridgehead atoms. The van der Waals surface area contributed by atoms with Crippen molar-refractivity contribution in [3.63, 3.8) is 0 Å². The molecule has 0 unspecified atom stereocenters. The molecule has 0 amide bonds. The van der Waals surface area contributed by atoms with Crippen molar-refractivity contribution in [1.82, 2.24) is 0 Å². The molecule has 21 heavy (non-hydrogen) atoms. The average molecular weight is 300 g/mol. The van der Waals surface area contributed by atoms with Crippen LogP contribution >= 0.6 is 0 Å². The van der Waals surface area contributed by atoms with Gasteiger partial charge in [0.2, 0.25) is 0 Å². The highest BCUT2D eigenvalue weighted by Crippen LogP contribution is 1.87. The van der Waals surface area contributed by atoms with Gasteiger partial charge in [-0.3, -0.25) is 0 Å². The van der Waals surface area contributed by atoms with E-state index in [0.29, 0.717) is 19.3 Å². The molecule has 0 N–H and O–H groups in total. The number of carbonyl (C=O) groups is 4. The first-order valence-electron chi connectivity index (χ1n) is 7.52. The highest BCUT2D eigenvalue weighted by molar-refractivity contribution is 5.51. The van der Waals surface area contributed by atoms with Crippen molar-refractivity contribution in [2.45, 2.75) is 72.6 Å². The van der Waals surface area contributed by atoms with E-state index in [0.717, 1.165) is 50.8 Å². The maximum atomic E-state index is 9.56. The van der Waals surface area contributed by atoms with Gasteiger partial charge in [-0.15, -0.1) is 0 Å². The Morgan fingerprint density at radius 3 is 1.33 bits per heavy atom. The van der Waals surface area contributed by atoms with Crippen LogP contribution in [0.15, 0.2) is 12.2 Å². The second kappa shape index (κ2) is 42.9. The summed E-state index contributed by atoms with van der Waals surface area (Å²) in [6, 6.07) is 0. The molecule has 0 aromatic heterocycles. The van der Waals surface area contributed by atoms with Crippen LogP contribution in [0.4, 0.5) is 0 Å². The molecule has 0 atom stereocenters. The Kier molecular flexibility index (Phi) is 56.6. The lowest BCUT2D eigenvalue weighted by molar-refractivity contribution is -0.108. The minimum Gasteiger partial charge on any atom is -0.303 e. The van der Waals surface area contributed by atoms with Gasteiger partial charge in [-0.1, -0.05) is 39.3 Å². The van der Waals surface area contributed by atoms with Gasteiger partial charge in [-0.25, -0.2) is 0 Å². The minimum absolute atomic E-state index is 0.552. The van der Waals surface area contributed by atoms with Crippen LogP contribution in [0.3, 0.4) is 0 Å². The number of rotatable bonds is 8. The predicted molar refractivity (Wildman–Crippen MR) is 88.4 cm³/mol. The largest absolute Gasteiger partial charge is 0.303 e. The molecule has 0 aromatic carbocycles. The molecule has 0 saturated carbocycles. The van der Waals surface area contributed by atoms with Crippen molar-refractivity contribution in [1.29, 1.82) is 0 Å². The van der Waals surface area contributed by atoms with E-state index in [4.69, 9.17) is 0 Å². The molecular formula is C17H32O4. The lowest BCUT2D eigenvalue weighted by Gasteiger charge is -1.79. The Hall–Kier alpha value is -1.58. The maximum absolute atomic E-state index is 9.56. The Labute approximate surface area is 130 Å². The Morgan fingerprint density at radius 1 is 0.714 bits per heavy atom. The topological polar surface area (TPSA) is 68.3 Å². The van der Waals surface area contributed by atoms with Gasteiger partial charge in [0.25, 0.3) is 0 Å². The zero-order chi connectivity index (χ0) is 17.2. The molecule has 4 nitrogen and oxygen atoms in total. The van der Waals surface area contributed by atoms with Crippen LogP contribution in [0.5, 0.6) is 0 Å². The summed E-state index contributed by atoms with van der Waals surface area (Å²) >= 11 is 0. The van der Waals surface area contributed by atoms with Crippen molar-refractivity contribution in [3.05, 3.63) is 12.2 Å². The molecule has 124 valence electrons. The fourth-order valence-corrected chi connectivity index (χ4v) is 0.597. The van der Waals surface area contributed by atoms with Crippen LogP contribution in [0, 0.1) is 0 Å². The van der Waals surface area contributed by atoms with Crippen LogP contribution in [0.1, 0.15) is 72.6 Å². The van der Waals surface area contributed by atoms with Gasteiger partial charge >= 0.3 is 0 Å². The first-order chi connectivity index (χ1) is 10.2. The maximum Gasteiger partial charge on any atom is 0.123 e. The monoisotopic (exact) mass is 300 g/mol. The van der Waals surface area contributed by atoms with Crippen LogP contribution in [-0.2, 0) is 19.2 Å². The fraction of sp³-hybridized carbons (Fsp3) is 0.647. The first-order valence-corrected chi connectivity index (χ1v) is 7.52. The highest BCUT2D eigenvalue weighted by Gasteiger charge is 1.75. The smallest absolute Gasteiger partial charge is 0.123 e. The standard InChI is InChI=1S/C5H10O.C5H8O.C4H8O.C3H6O/c2*1-2-3-4-5-6;1-2-3-4-5;1-2-3-4/h5H,2-4H2,1H3;2-3,5H,4H2,1H3;4H,2-3H2,1H3;3H,2H2,1H3/b;3-2+;;. The van der Waals surface area contributed by atoms with Crippen molar-refractivity contribution >= 4 is 25.1 Å². The van der Waals surface area contributed by atoms with E-state index in [1.54, 1.807) is 0 Å². The van der Waals surface area contributed by atoms with Gasteiger partial charge < -0.3 is 19.2 Å². The minimum atomic E-state index is 0.552. The number of hydrogen-bond acceptors (Lipinski definition) is 4. The lowest BCUT2D eigenvalue weighted by atomic mass is 10.3. The van der Waals surface area contributed by atoms with E-state index >= 15 is 0 Å². The number of hydrogen-bond donors (Lipinski definition) is 0. The van der Waals surface area contributed by atoms with Crippen LogP contribution < -0.4 is 0 Å². The molecular weight excluding hydrogens is 268 g/mol. The predicted octanol–water partition coefficient (Wildman–Crippen LogP) is 4.11. The van der Waals surface area contributed by atoms with Crippen LogP contribution in [0.2, 0.25) is 0 Å². The second-order valence-corrected chi connectivity index (χ2v) is 3.81. The zero-order valence-corrected chi connectivity index (χ0v) is 14.0. The van der Waals surface area contributed by atoms with Gasteiger partial charge in [-0.2, -0.15) is 0 Å². The number of carbonyl (C=O) groups excluding carboxylic acids is 4. The van der Waals surface area contributed by atoms with Crippen molar-refractivity contribution in [3.8, 4) is 0 Å². The van der Waals surface area contributed by atoms with E-state index in [2.05, 4.69) is 6.92 Å². The summed E-state index contributed by atoms with van der Waals surface area (Å²) in [7, 11) is 0. The van der Waals surface area contributed by atoms with Gasteiger partial charge in [0.05, 0.1) is 0 Å². The van der Waals surface area contributed by atoms with E-state index in [1.165, 1.54) is 0 Å². The summed E-state index contributed by atoms with van der Waals surface area (Å²) in [5, 5.41) is 0. The number of unbranched alkanes of at least 4 members (excludes halogenated alkanes) is 3. The number of aldehydes is 4. The van der Waals surface area contributed by atoms with Crippen molar-refractivity contribution in [2.75, 3.05) is 0 Å². The summed E-state index contributed by atoms with van der Waals surface area (Å²) in [6.07, 6.45) is 13.1. The summed E-state index contributed by atoms with van der Waals surface area (Å²) in [4.78, 5) is 37.7. The van der Waals surface area contributed by atoms with Crippen molar-refractivity contribution < 1.29 is 19.2 Å². The van der Waals surface area contributed by atoms with Gasteiger partial charge in [0.1, 0.15) is 25.1 Å². The van der Waals surface area contributed by atoms with Gasteiger partial charge in [-0.05, 0) is 19.8 Å². The van der Waals surface area contributed by atoms with Crippen molar-refractivity contribution in [2.24, 2.45) is 0 Å². The Morgan fingerprint density at radius 2 is 1.24 bits per heavy atom. The average Bonchev–Trinajstić information content (AvgIpc) is 2.53. The normalized spacial score (nSPS) is 8.00. The molecule has 4 heteroatoms. The summed E-state index contributed by atoms with van der Waals surface area (Å²) in [5.41, 5.74) is 0. The fourth-order valence-electron chi connectivity index (χ4n) is 0.597. The highest BCUT2D eigenvalue weighted by atomic mass is 16.1. The Bertz CT molecular complexity index is 223. The molecule has 0 fully saturated rings. The zero-order valence-electron chi connectivity index (χ0n) is 14.0. The first kappa shape index (κ1) is 27.7. The van der Waals surface area contributed by atoms with Gasteiger partial charge in [0, 0.05) is 25.7 Å². The van der Waals surface area contributed by atoms with Crippen LogP contribution in [0.25, 0.3) is 0 Å².